The van der Waals surface area contributed by atoms with Gasteiger partial charge in [-0.05, 0) is 31.0 Å². The molecule has 0 aliphatic carbocycles. The molecule has 0 aliphatic heterocycles. The number of rotatable bonds is 3. The predicted octanol–water partition coefficient (Wildman–Crippen LogP) is 3.34. The van der Waals surface area contributed by atoms with Gasteiger partial charge in [0.1, 0.15) is 11.6 Å². The Hall–Kier alpha value is -1.94. The summed E-state index contributed by atoms with van der Waals surface area (Å²) in [6.45, 7) is 3.74. The Balaban J connectivity index is 2.21. The monoisotopic (exact) mass is 246 g/mol. The summed E-state index contributed by atoms with van der Waals surface area (Å²) >= 11 is 0. The molecule has 0 unspecified atom stereocenters. The van der Waals surface area contributed by atoms with E-state index in [9.17, 15) is 4.39 Å². The van der Waals surface area contributed by atoms with Crippen LogP contribution in [0.5, 0.6) is 11.6 Å². The highest BCUT2D eigenvalue weighted by molar-refractivity contribution is 5.35. The Morgan fingerprint density at radius 3 is 2.67 bits per heavy atom. The summed E-state index contributed by atoms with van der Waals surface area (Å²) in [5, 5.41) is 0. The highest BCUT2D eigenvalue weighted by atomic mass is 19.1. The number of halogens is 1. The maximum atomic E-state index is 13.1. The van der Waals surface area contributed by atoms with E-state index in [4.69, 9.17) is 10.5 Å². The average molecular weight is 246 g/mol. The molecule has 18 heavy (non-hydrogen) atoms. The zero-order valence-corrected chi connectivity index (χ0v) is 10.4. The van der Waals surface area contributed by atoms with Crippen molar-refractivity contribution in [3.63, 3.8) is 0 Å². The van der Waals surface area contributed by atoms with E-state index in [0.29, 0.717) is 11.6 Å². The van der Waals surface area contributed by atoms with Gasteiger partial charge in [0.25, 0.3) is 0 Å². The van der Waals surface area contributed by atoms with Gasteiger partial charge < -0.3 is 10.5 Å². The maximum Gasteiger partial charge on any atom is 0.219 e. The molecule has 1 aromatic heterocycles. The van der Waals surface area contributed by atoms with E-state index in [0.717, 1.165) is 11.1 Å². The van der Waals surface area contributed by atoms with Gasteiger partial charge in [-0.15, -0.1) is 0 Å². The zero-order valence-electron chi connectivity index (χ0n) is 10.4. The smallest absolute Gasteiger partial charge is 0.219 e. The van der Waals surface area contributed by atoms with E-state index in [2.05, 4.69) is 4.98 Å². The van der Waals surface area contributed by atoms with Gasteiger partial charge in [0.05, 0.1) is 0 Å². The summed E-state index contributed by atoms with van der Waals surface area (Å²) in [7, 11) is 0. The second-order valence-electron chi connectivity index (χ2n) is 4.23. The summed E-state index contributed by atoms with van der Waals surface area (Å²) in [5.74, 6) is 0.562. The molecule has 0 amide bonds. The fraction of sp³-hybridized carbons (Fsp3) is 0.214. The van der Waals surface area contributed by atoms with Crippen molar-refractivity contribution in [3.8, 4) is 11.6 Å². The van der Waals surface area contributed by atoms with Crippen LogP contribution in [0.15, 0.2) is 36.5 Å². The Kier molecular flexibility index (Phi) is 3.58. The molecule has 2 rings (SSSR count). The van der Waals surface area contributed by atoms with Crippen LogP contribution in [-0.4, -0.2) is 4.98 Å². The Morgan fingerprint density at radius 1 is 1.28 bits per heavy atom. The third kappa shape index (κ3) is 2.84. The van der Waals surface area contributed by atoms with Gasteiger partial charge in [0.2, 0.25) is 5.88 Å². The molecule has 1 aromatic carbocycles. The quantitative estimate of drug-likeness (QED) is 0.903. The molecule has 1 atom stereocenters. The molecule has 0 fully saturated rings. The fourth-order valence-corrected chi connectivity index (χ4v) is 1.52. The first-order valence-electron chi connectivity index (χ1n) is 5.72. The van der Waals surface area contributed by atoms with Crippen molar-refractivity contribution in [1.82, 2.24) is 4.98 Å². The molecular formula is C14H15FN2O. The van der Waals surface area contributed by atoms with Gasteiger partial charge in [0, 0.05) is 24.4 Å². The summed E-state index contributed by atoms with van der Waals surface area (Å²) in [6.07, 6.45) is 1.66. The van der Waals surface area contributed by atoms with Crippen molar-refractivity contribution >= 4 is 0 Å². The minimum absolute atomic E-state index is 0.0672. The van der Waals surface area contributed by atoms with Gasteiger partial charge >= 0.3 is 0 Å². The van der Waals surface area contributed by atoms with Crippen LogP contribution in [0, 0.1) is 12.7 Å². The summed E-state index contributed by atoms with van der Waals surface area (Å²) in [4.78, 5) is 4.14. The molecular weight excluding hydrogens is 231 g/mol. The Bertz CT molecular complexity index is 538. The lowest BCUT2D eigenvalue weighted by atomic mass is 10.2. The highest BCUT2D eigenvalue weighted by Gasteiger charge is 2.05. The van der Waals surface area contributed by atoms with Gasteiger partial charge in [-0.1, -0.05) is 12.1 Å². The molecule has 0 saturated heterocycles. The van der Waals surface area contributed by atoms with Crippen LogP contribution >= 0.6 is 0 Å². The van der Waals surface area contributed by atoms with E-state index >= 15 is 0 Å². The number of aryl methyl sites for hydroxylation is 1. The molecule has 0 aliphatic rings. The molecule has 1 heterocycles. The Labute approximate surface area is 105 Å². The lowest BCUT2D eigenvalue weighted by molar-refractivity contribution is 0.454. The number of aromatic nitrogens is 1. The average Bonchev–Trinajstić information content (AvgIpc) is 2.34. The standard InChI is InChI=1S/C14H15FN2O/c1-9-3-5-12(15)7-13(9)18-14-6-4-11(8-17-14)10(2)16/h3-8,10H,16H2,1-2H3/t10-/m0/s1. The number of nitrogens with zero attached hydrogens (tertiary/aromatic N) is 1. The van der Waals surface area contributed by atoms with E-state index in [1.165, 1.54) is 12.1 Å². The SMILES string of the molecule is Cc1ccc(F)cc1Oc1ccc([C@H](C)N)cn1. The van der Waals surface area contributed by atoms with Crippen molar-refractivity contribution in [1.29, 1.82) is 0 Å². The number of nitrogens with two attached hydrogens (primary N) is 1. The van der Waals surface area contributed by atoms with Crippen LogP contribution in [-0.2, 0) is 0 Å². The van der Waals surface area contributed by atoms with Crippen LogP contribution in [0.1, 0.15) is 24.1 Å². The Morgan fingerprint density at radius 2 is 2.06 bits per heavy atom. The van der Waals surface area contributed by atoms with E-state index in [1.54, 1.807) is 18.3 Å². The molecule has 3 nitrogen and oxygen atoms in total. The third-order valence-corrected chi connectivity index (χ3v) is 2.65. The minimum Gasteiger partial charge on any atom is -0.439 e. The van der Waals surface area contributed by atoms with Gasteiger partial charge in [0.15, 0.2) is 0 Å². The number of ether oxygens (including phenoxy) is 1. The third-order valence-electron chi connectivity index (χ3n) is 2.65. The molecule has 2 aromatic rings. The molecule has 0 bridgehead atoms. The van der Waals surface area contributed by atoms with Crippen LogP contribution < -0.4 is 10.5 Å². The minimum atomic E-state index is -0.331. The van der Waals surface area contributed by atoms with Crippen molar-refractivity contribution in [2.75, 3.05) is 0 Å². The number of benzene rings is 1. The van der Waals surface area contributed by atoms with Crippen molar-refractivity contribution in [2.45, 2.75) is 19.9 Å². The lowest BCUT2D eigenvalue weighted by Crippen LogP contribution is -2.05. The van der Waals surface area contributed by atoms with Crippen LogP contribution in [0.2, 0.25) is 0 Å². The maximum absolute atomic E-state index is 13.1. The molecule has 94 valence electrons. The predicted molar refractivity (Wildman–Crippen MR) is 68.1 cm³/mol. The number of hydrogen-bond acceptors (Lipinski definition) is 3. The second-order valence-corrected chi connectivity index (χ2v) is 4.23. The highest BCUT2D eigenvalue weighted by Crippen LogP contribution is 2.24. The number of pyridine rings is 1. The number of hydrogen-bond donors (Lipinski definition) is 1. The summed E-state index contributed by atoms with van der Waals surface area (Å²) in [5.41, 5.74) is 7.51. The van der Waals surface area contributed by atoms with E-state index in [1.807, 2.05) is 19.9 Å². The van der Waals surface area contributed by atoms with Gasteiger partial charge in [-0.2, -0.15) is 0 Å². The van der Waals surface area contributed by atoms with Gasteiger partial charge in [-0.3, -0.25) is 0 Å². The topological polar surface area (TPSA) is 48.1 Å². The van der Waals surface area contributed by atoms with Crippen LogP contribution in [0.25, 0.3) is 0 Å². The normalized spacial score (nSPS) is 12.2. The van der Waals surface area contributed by atoms with Crippen molar-refractivity contribution in [2.24, 2.45) is 5.73 Å². The first kappa shape index (κ1) is 12.5. The lowest BCUT2D eigenvalue weighted by Gasteiger charge is -2.09. The fourth-order valence-electron chi connectivity index (χ4n) is 1.52. The summed E-state index contributed by atoms with van der Waals surface area (Å²) < 4.78 is 18.6. The largest absolute Gasteiger partial charge is 0.439 e. The van der Waals surface area contributed by atoms with Crippen LogP contribution in [0.4, 0.5) is 4.39 Å². The van der Waals surface area contributed by atoms with Crippen molar-refractivity contribution in [3.05, 3.63) is 53.5 Å². The molecule has 0 saturated carbocycles. The molecule has 4 heteroatoms. The van der Waals surface area contributed by atoms with Crippen molar-refractivity contribution < 1.29 is 9.13 Å². The second kappa shape index (κ2) is 5.14. The van der Waals surface area contributed by atoms with E-state index in [-0.39, 0.29) is 11.9 Å². The van der Waals surface area contributed by atoms with Crippen LogP contribution in [0.3, 0.4) is 0 Å². The van der Waals surface area contributed by atoms with Gasteiger partial charge in [-0.25, -0.2) is 9.37 Å². The zero-order chi connectivity index (χ0) is 13.1. The molecule has 0 radical (unpaired) electrons. The van der Waals surface area contributed by atoms with E-state index < -0.39 is 0 Å². The first-order valence-corrected chi connectivity index (χ1v) is 5.72. The summed E-state index contributed by atoms with van der Waals surface area (Å²) in [6, 6.07) is 7.92. The first-order chi connectivity index (χ1) is 8.56. The molecule has 0 spiro atoms. The molecule has 2 N–H and O–H groups in total.